The summed E-state index contributed by atoms with van der Waals surface area (Å²) in [5, 5.41) is 3.17. The molecule has 2 rings (SSSR count). The zero-order chi connectivity index (χ0) is 15.3. The van der Waals surface area contributed by atoms with Crippen LogP contribution in [-0.4, -0.2) is 48.6 Å². The van der Waals surface area contributed by atoms with Gasteiger partial charge in [-0.1, -0.05) is 19.1 Å². The number of rotatable bonds is 7. The third kappa shape index (κ3) is 4.37. The fraction of sp³-hybridized carbons (Fsp3) is 0.429. The molecule has 0 spiro atoms. The molecule has 0 atom stereocenters. The molecule has 0 aliphatic carbocycles. The van der Waals surface area contributed by atoms with Crippen LogP contribution in [0.25, 0.3) is 11.0 Å². The van der Waals surface area contributed by atoms with E-state index in [1.165, 1.54) is 10.6 Å². The Balaban J connectivity index is 1.87. The summed E-state index contributed by atoms with van der Waals surface area (Å²) in [5.41, 5.74) is 1.70. The molecular weight excluding hydrogens is 288 g/mol. The molecule has 0 amide bonds. The Bertz CT molecular complexity index is 703. The minimum atomic E-state index is -3.11. The van der Waals surface area contributed by atoms with Gasteiger partial charge in [0.1, 0.15) is 5.82 Å². The first kappa shape index (κ1) is 15.7. The number of fused-ring (bicyclic) bond motifs is 1. The van der Waals surface area contributed by atoms with Gasteiger partial charge in [0.25, 0.3) is 0 Å². The second-order valence-corrected chi connectivity index (χ2v) is 6.76. The molecule has 1 N–H and O–H groups in total. The van der Waals surface area contributed by atoms with E-state index in [1.807, 2.05) is 31.2 Å². The van der Waals surface area contributed by atoms with Gasteiger partial charge in [-0.05, 0) is 18.6 Å². The van der Waals surface area contributed by atoms with Gasteiger partial charge in [0.05, 0.1) is 23.5 Å². The molecule has 0 saturated heterocycles. The summed E-state index contributed by atoms with van der Waals surface area (Å²) in [6.07, 6.45) is 3.64. The highest BCUT2D eigenvalue weighted by atomic mass is 32.2. The molecule has 1 aromatic heterocycles. The van der Waals surface area contributed by atoms with E-state index in [2.05, 4.69) is 15.3 Å². The van der Waals surface area contributed by atoms with E-state index in [0.29, 0.717) is 25.5 Å². The first-order valence-corrected chi connectivity index (χ1v) is 8.76. The minimum absolute atomic E-state index is 0.495. The third-order valence-electron chi connectivity index (χ3n) is 3.16. The van der Waals surface area contributed by atoms with Crippen LogP contribution < -0.4 is 5.32 Å². The van der Waals surface area contributed by atoms with Crippen LogP contribution in [0, 0.1) is 0 Å². The van der Waals surface area contributed by atoms with Crippen LogP contribution in [0.15, 0.2) is 30.5 Å². The number of aromatic nitrogens is 2. The highest BCUT2D eigenvalue weighted by molar-refractivity contribution is 7.88. The van der Waals surface area contributed by atoms with Crippen LogP contribution in [0.1, 0.15) is 13.3 Å². The van der Waals surface area contributed by atoms with Crippen LogP contribution in [0.3, 0.4) is 0 Å². The molecule has 0 aliphatic heterocycles. The molecule has 0 bridgehead atoms. The number of sulfonamides is 1. The number of para-hydroxylation sites is 2. The summed E-state index contributed by atoms with van der Waals surface area (Å²) in [4.78, 5) is 8.77. The molecule has 1 aromatic carbocycles. The van der Waals surface area contributed by atoms with Gasteiger partial charge in [-0.3, -0.25) is 4.98 Å². The average Bonchev–Trinajstić information content (AvgIpc) is 2.45. The lowest BCUT2D eigenvalue weighted by molar-refractivity contribution is 0.428. The summed E-state index contributed by atoms with van der Waals surface area (Å²) in [6, 6.07) is 7.67. The van der Waals surface area contributed by atoms with Crippen LogP contribution in [0.2, 0.25) is 0 Å². The lowest BCUT2D eigenvalue weighted by Crippen LogP contribution is -2.31. The van der Waals surface area contributed by atoms with E-state index in [9.17, 15) is 8.42 Å². The van der Waals surface area contributed by atoms with E-state index in [0.717, 1.165) is 17.5 Å². The molecule has 0 fully saturated rings. The number of nitrogens with one attached hydrogen (secondary N) is 1. The van der Waals surface area contributed by atoms with Crippen molar-refractivity contribution in [3.8, 4) is 0 Å². The standard InChI is InChI=1S/C14H20N4O2S/c1-3-18(21(2,19)20)10-6-9-15-14-11-16-12-7-4-5-8-13(12)17-14/h4-5,7-8,11H,3,6,9-10H2,1-2H3,(H,15,17). The molecule has 114 valence electrons. The van der Waals surface area contributed by atoms with Crippen LogP contribution in [-0.2, 0) is 10.0 Å². The van der Waals surface area contributed by atoms with Crippen molar-refractivity contribution in [2.24, 2.45) is 0 Å². The topological polar surface area (TPSA) is 75.2 Å². The maximum atomic E-state index is 11.5. The highest BCUT2D eigenvalue weighted by Crippen LogP contribution is 2.11. The summed E-state index contributed by atoms with van der Waals surface area (Å²) in [6.45, 7) is 3.49. The quantitative estimate of drug-likeness (QED) is 0.788. The Morgan fingerprint density at radius 1 is 1.24 bits per heavy atom. The average molecular weight is 308 g/mol. The minimum Gasteiger partial charge on any atom is -0.369 e. The molecule has 0 aliphatic rings. The second kappa shape index (κ2) is 6.82. The number of benzene rings is 1. The zero-order valence-electron chi connectivity index (χ0n) is 12.3. The van der Waals surface area contributed by atoms with Crippen LogP contribution in [0.5, 0.6) is 0 Å². The van der Waals surface area contributed by atoms with E-state index < -0.39 is 10.0 Å². The van der Waals surface area contributed by atoms with Gasteiger partial charge in [0.15, 0.2) is 0 Å². The summed E-state index contributed by atoms with van der Waals surface area (Å²) >= 11 is 0. The smallest absolute Gasteiger partial charge is 0.211 e. The number of hydrogen-bond acceptors (Lipinski definition) is 5. The maximum Gasteiger partial charge on any atom is 0.211 e. The summed E-state index contributed by atoms with van der Waals surface area (Å²) in [5.74, 6) is 0.705. The zero-order valence-corrected chi connectivity index (χ0v) is 13.1. The fourth-order valence-corrected chi connectivity index (χ4v) is 3.00. The predicted octanol–water partition coefficient (Wildman–Crippen LogP) is 1.71. The Labute approximate surface area is 125 Å². The van der Waals surface area contributed by atoms with Gasteiger partial charge in [-0.2, -0.15) is 0 Å². The second-order valence-electron chi connectivity index (χ2n) is 4.78. The Morgan fingerprint density at radius 3 is 2.62 bits per heavy atom. The Morgan fingerprint density at radius 2 is 1.95 bits per heavy atom. The van der Waals surface area contributed by atoms with Crippen molar-refractivity contribution in [3.05, 3.63) is 30.5 Å². The molecule has 0 unspecified atom stereocenters. The highest BCUT2D eigenvalue weighted by Gasteiger charge is 2.13. The van der Waals surface area contributed by atoms with Crippen molar-refractivity contribution in [1.82, 2.24) is 14.3 Å². The van der Waals surface area contributed by atoms with Gasteiger partial charge < -0.3 is 5.32 Å². The van der Waals surface area contributed by atoms with E-state index >= 15 is 0 Å². The lowest BCUT2D eigenvalue weighted by atomic mass is 10.3. The molecule has 0 saturated carbocycles. The third-order valence-corrected chi connectivity index (χ3v) is 4.54. The van der Waals surface area contributed by atoms with E-state index in [4.69, 9.17) is 0 Å². The largest absolute Gasteiger partial charge is 0.369 e. The number of hydrogen-bond donors (Lipinski definition) is 1. The van der Waals surface area contributed by atoms with Gasteiger partial charge in [-0.25, -0.2) is 17.7 Å². The van der Waals surface area contributed by atoms with Gasteiger partial charge >= 0.3 is 0 Å². The number of anilines is 1. The first-order valence-electron chi connectivity index (χ1n) is 6.91. The molecule has 7 heteroatoms. The molecule has 1 heterocycles. The monoisotopic (exact) mass is 308 g/mol. The van der Waals surface area contributed by atoms with Crippen LogP contribution >= 0.6 is 0 Å². The summed E-state index contributed by atoms with van der Waals surface area (Å²) < 4.78 is 24.4. The normalized spacial score (nSPS) is 12.0. The molecular formula is C14H20N4O2S. The van der Waals surface area contributed by atoms with Crippen molar-refractivity contribution in [2.45, 2.75) is 13.3 Å². The van der Waals surface area contributed by atoms with Gasteiger partial charge in [0, 0.05) is 19.6 Å². The van der Waals surface area contributed by atoms with Crippen LogP contribution in [0.4, 0.5) is 5.82 Å². The molecule has 6 nitrogen and oxygen atoms in total. The van der Waals surface area contributed by atoms with Crippen molar-refractivity contribution >= 4 is 26.9 Å². The predicted molar refractivity (Wildman–Crippen MR) is 84.7 cm³/mol. The van der Waals surface area contributed by atoms with Crippen molar-refractivity contribution in [2.75, 3.05) is 31.2 Å². The Kier molecular flexibility index (Phi) is 5.08. The van der Waals surface area contributed by atoms with Gasteiger partial charge in [-0.15, -0.1) is 0 Å². The molecule has 21 heavy (non-hydrogen) atoms. The fourth-order valence-electron chi connectivity index (χ4n) is 2.07. The van der Waals surface area contributed by atoms with Gasteiger partial charge in [0.2, 0.25) is 10.0 Å². The first-order chi connectivity index (χ1) is 10.0. The SMILES string of the molecule is CCN(CCCNc1cnc2ccccc2n1)S(C)(=O)=O. The van der Waals surface area contributed by atoms with Crippen molar-refractivity contribution in [3.63, 3.8) is 0 Å². The van der Waals surface area contributed by atoms with E-state index in [-0.39, 0.29) is 0 Å². The Hall–Kier alpha value is -1.73. The molecule has 0 radical (unpaired) electrons. The van der Waals surface area contributed by atoms with Crippen molar-refractivity contribution < 1.29 is 8.42 Å². The summed E-state index contributed by atoms with van der Waals surface area (Å²) in [7, 11) is -3.11. The maximum absolute atomic E-state index is 11.5. The lowest BCUT2D eigenvalue weighted by Gasteiger charge is -2.17. The number of nitrogens with zero attached hydrogens (tertiary/aromatic N) is 3. The molecule has 2 aromatic rings. The van der Waals surface area contributed by atoms with Crippen molar-refractivity contribution in [1.29, 1.82) is 0 Å². The van der Waals surface area contributed by atoms with E-state index in [1.54, 1.807) is 6.20 Å².